The maximum Gasteiger partial charge on any atom is 0.140 e. The molecule has 6 heteroatoms. The fourth-order valence-corrected chi connectivity index (χ4v) is 3.86. The van der Waals surface area contributed by atoms with Crippen LogP contribution in [0.1, 0.15) is 11.4 Å². The Hall–Kier alpha value is -2.70. The molecule has 3 heterocycles. The third-order valence-electron chi connectivity index (χ3n) is 5.22. The number of halogens is 1. The Morgan fingerprint density at radius 3 is 2.78 bits per heavy atom. The number of ether oxygens (including phenoxy) is 1. The lowest BCUT2D eigenvalue weighted by Gasteiger charge is -2.15. The van der Waals surface area contributed by atoms with Gasteiger partial charge in [0.25, 0.3) is 0 Å². The lowest BCUT2D eigenvalue weighted by Crippen LogP contribution is -2.24. The van der Waals surface area contributed by atoms with E-state index in [-0.39, 0.29) is 0 Å². The number of para-hydroxylation sites is 3. The third kappa shape index (κ3) is 3.22. The number of fused-ring (bicyclic) bond motifs is 2. The first-order valence-electron chi connectivity index (χ1n) is 9.23. The van der Waals surface area contributed by atoms with Crippen LogP contribution in [0.2, 0.25) is 0 Å². The van der Waals surface area contributed by atoms with Gasteiger partial charge in [-0.1, -0.05) is 30.3 Å². The van der Waals surface area contributed by atoms with Crippen LogP contribution < -0.4 is 0 Å². The number of hydrogen-bond acceptors (Lipinski definition) is 3. The molecule has 5 nitrogen and oxygen atoms in total. The van der Waals surface area contributed by atoms with Gasteiger partial charge in [-0.3, -0.25) is 4.90 Å². The summed E-state index contributed by atoms with van der Waals surface area (Å²) in [5.41, 5.74) is 4.18. The molecule has 5 rings (SSSR count). The van der Waals surface area contributed by atoms with Crippen LogP contribution >= 0.6 is 0 Å². The first kappa shape index (κ1) is 16.5. The average molecular weight is 364 g/mol. The number of H-pyrrole nitrogens is 2. The Bertz CT molecular complexity index is 1040. The number of aromatic amines is 2. The average Bonchev–Trinajstić information content (AvgIpc) is 3.37. The molecule has 2 N–H and O–H groups in total. The molecule has 4 aromatic rings. The molecule has 2 unspecified atom stereocenters. The van der Waals surface area contributed by atoms with Gasteiger partial charge in [0.1, 0.15) is 24.7 Å². The van der Waals surface area contributed by atoms with Crippen LogP contribution in [0.15, 0.2) is 54.7 Å². The summed E-state index contributed by atoms with van der Waals surface area (Å²) in [6, 6.07) is 16.0. The molecule has 0 radical (unpaired) electrons. The summed E-state index contributed by atoms with van der Waals surface area (Å²) in [6.07, 6.45) is 0.600. The second-order valence-corrected chi connectivity index (χ2v) is 7.12. The van der Waals surface area contributed by atoms with Crippen LogP contribution in [0.25, 0.3) is 21.9 Å². The minimum atomic E-state index is -0.986. The number of nitrogens with one attached hydrogen (secondary N) is 2. The molecule has 0 saturated carbocycles. The van der Waals surface area contributed by atoms with E-state index in [1.54, 1.807) is 0 Å². The molecule has 1 saturated heterocycles. The molecule has 1 aliphatic heterocycles. The van der Waals surface area contributed by atoms with Gasteiger partial charge in [0.2, 0.25) is 0 Å². The van der Waals surface area contributed by atoms with E-state index in [4.69, 9.17) is 4.74 Å². The number of alkyl halides is 1. The van der Waals surface area contributed by atoms with Gasteiger partial charge in [0.15, 0.2) is 0 Å². The smallest absolute Gasteiger partial charge is 0.140 e. The first-order valence-corrected chi connectivity index (χ1v) is 9.23. The minimum Gasteiger partial charge on any atom is -0.366 e. The molecule has 0 bridgehead atoms. The predicted molar refractivity (Wildman–Crippen MR) is 103 cm³/mol. The highest BCUT2D eigenvalue weighted by atomic mass is 19.1. The molecule has 0 spiro atoms. The molecule has 2 aromatic carbocycles. The summed E-state index contributed by atoms with van der Waals surface area (Å²) in [7, 11) is 0. The van der Waals surface area contributed by atoms with E-state index < -0.39 is 12.3 Å². The van der Waals surface area contributed by atoms with Gasteiger partial charge in [-0.2, -0.15) is 0 Å². The molecule has 0 amide bonds. The zero-order valence-electron chi connectivity index (χ0n) is 14.9. The number of likely N-dealkylation sites (tertiary alicyclic amines) is 1. The van der Waals surface area contributed by atoms with Gasteiger partial charge in [0, 0.05) is 36.7 Å². The predicted octanol–water partition coefficient (Wildman–Crippen LogP) is 3.78. The van der Waals surface area contributed by atoms with E-state index in [0.29, 0.717) is 19.7 Å². The van der Waals surface area contributed by atoms with Crippen molar-refractivity contribution in [2.45, 2.75) is 25.4 Å². The van der Waals surface area contributed by atoms with E-state index in [9.17, 15) is 4.39 Å². The van der Waals surface area contributed by atoms with E-state index in [1.807, 2.05) is 42.6 Å². The van der Waals surface area contributed by atoms with E-state index in [1.165, 1.54) is 10.9 Å². The molecule has 2 atom stereocenters. The van der Waals surface area contributed by atoms with Gasteiger partial charge < -0.3 is 14.7 Å². The van der Waals surface area contributed by atoms with Crippen LogP contribution in [0.5, 0.6) is 0 Å². The Morgan fingerprint density at radius 1 is 1.07 bits per heavy atom. The van der Waals surface area contributed by atoms with Crippen molar-refractivity contribution in [1.29, 1.82) is 0 Å². The largest absolute Gasteiger partial charge is 0.366 e. The highest BCUT2D eigenvalue weighted by Crippen LogP contribution is 2.24. The Labute approximate surface area is 156 Å². The fourth-order valence-electron chi connectivity index (χ4n) is 3.86. The number of benzene rings is 2. The Balaban J connectivity index is 1.23. The normalized spacial score (nSPS) is 20.8. The van der Waals surface area contributed by atoms with E-state index in [0.717, 1.165) is 28.9 Å². The lowest BCUT2D eigenvalue weighted by molar-refractivity contribution is 0.00864. The molecule has 2 aromatic heterocycles. The van der Waals surface area contributed by atoms with Crippen molar-refractivity contribution in [2.24, 2.45) is 0 Å². The lowest BCUT2D eigenvalue weighted by atomic mass is 10.2. The van der Waals surface area contributed by atoms with Crippen LogP contribution in [0, 0.1) is 0 Å². The zero-order chi connectivity index (χ0) is 18.2. The molecule has 138 valence electrons. The number of hydrogen-bond donors (Lipinski definition) is 2. The van der Waals surface area contributed by atoms with E-state index in [2.05, 4.69) is 32.0 Å². The third-order valence-corrected chi connectivity index (χ3v) is 5.22. The van der Waals surface area contributed by atoms with Crippen molar-refractivity contribution >= 4 is 21.9 Å². The summed E-state index contributed by atoms with van der Waals surface area (Å²) in [6.45, 7) is 1.99. The number of nitrogens with zero attached hydrogens (tertiary/aromatic N) is 2. The molecular formula is C21H21FN4O. The highest BCUT2D eigenvalue weighted by Gasteiger charge is 2.34. The highest BCUT2D eigenvalue weighted by molar-refractivity contribution is 5.83. The summed E-state index contributed by atoms with van der Waals surface area (Å²) in [5.74, 6) is 0.735. The second-order valence-electron chi connectivity index (χ2n) is 7.12. The van der Waals surface area contributed by atoms with Gasteiger partial charge in [-0.25, -0.2) is 9.37 Å². The van der Waals surface area contributed by atoms with Gasteiger partial charge >= 0.3 is 0 Å². The zero-order valence-corrected chi connectivity index (χ0v) is 14.9. The Morgan fingerprint density at radius 2 is 1.89 bits per heavy atom. The van der Waals surface area contributed by atoms with Crippen LogP contribution in [-0.2, 0) is 17.9 Å². The monoisotopic (exact) mass is 364 g/mol. The maximum atomic E-state index is 14.5. The summed E-state index contributed by atoms with van der Waals surface area (Å²) < 4.78 is 20.3. The minimum absolute atomic E-state index is 0.292. The molecule has 1 aliphatic rings. The summed E-state index contributed by atoms with van der Waals surface area (Å²) in [4.78, 5) is 13.1. The quantitative estimate of drug-likeness (QED) is 0.567. The van der Waals surface area contributed by atoms with Crippen LogP contribution in [0.3, 0.4) is 0 Å². The standard InChI is InChI=1S/C21H21FN4O/c22-16-11-26(10-14-9-23-17-6-2-1-5-15(14)17)12-20(16)27-13-21-24-18-7-3-4-8-19(18)25-21/h1-9,16,20,23H,10-13H2,(H,24,25). The summed E-state index contributed by atoms with van der Waals surface area (Å²) in [5, 5.41) is 1.19. The van der Waals surface area contributed by atoms with Crippen LogP contribution in [0.4, 0.5) is 4.39 Å². The Kier molecular flexibility index (Phi) is 4.14. The molecule has 27 heavy (non-hydrogen) atoms. The van der Waals surface area contributed by atoms with Gasteiger partial charge in [-0.05, 0) is 23.8 Å². The SMILES string of the molecule is FC1CN(Cc2c[nH]c3ccccc23)CC1OCc1nc2ccccc2[nH]1. The van der Waals surface area contributed by atoms with Crippen molar-refractivity contribution in [3.63, 3.8) is 0 Å². The van der Waals surface area contributed by atoms with Crippen LogP contribution in [-0.4, -0.2) is 45.2 Å². The maximum absolute atomic E-state index is 14.5. The van der Waals surface area contributed by atoms with Crippen molar-refractivity contribution in [3.05, 3.63) is 66.1 Å². The van der Waals surface area contributed by atoms with E-state index >= 15 is 0 Å². The van der Waals surface area contributed by atoms with Crippen molar-refractivity contribution in [3.8, 4) is 0 Å². The molecule has 0 aliphatic carbocycles. The topological polar surface area (TPSA) is 56.9 Å². The van der Waals surface area contributed by atoms with Gasteiger partial charge in [0.05, 0.1) is 11.0 Å². The van der Waals surface area contributed by atoms with Crippen molar-refractivity contribution in [2.75, 3.05) is 13.1 Å². The first-order chi connectivity index (χ1) is 13.3. The number of imidazole rings is 1. The van der Waals surface area contributed by atoms with Crippen molar-refractivity contribution in [1.82, 2.24) is 19.9 Å². The number of rotatable bonds is 5. The summed E-state index contributed by atoms with van der Waals surface area (Å²) >= 11 is 0. The fraction of sp³-hybridized carbons (Fsp3) is 0.286. The molecular weight excluding hydrogens is 343 g/mol. The van der Waals surface area contributed by atoms with Gasteiger partial charge in [-0.15, -0.1) is 0 Å². The number of aromatic nitrogens is 3. The van der Waals surface area contributed by atoms with Crippen molar-refractivity contribution < 1.29 is 9.13 Å². The molecule has 1 fully saturated rings. The second kappa shape index (κ2) is 6.79.